The Morgan fingerprint density at radius 3 is 2.50 bits per heavy atom. The van der Waals surface area contributed by atoms with Crippen LogP contribution in [0, 0.1) is 25.2 Å². The SMILES string of the molecule is Cc1ccc(S(=O)(=O)CC#N)c(C)c1. The van der Waals surface area contributed by atoms with Gasteiger partial charge >= 0.3 is 0 Å². The summed E-state index contributed by atoms with van der Waals surface area (Å²) in [7, 11) is -3.42. The summed E-state index contributed by atoms with van der Waals surface area (Å²) in [5.41, 5.74) is 1.71. The van der Waals surface area contributed by atoms with Crippen molar-refractivity contribution < 1.29 is 8.42 Å². The largest absolute Gasteiger partial charge is 0.223 e. The van der Waals surface area contributed by atoms with Gasteiger partial charge in [0.25, 0.3) is 0 Å². The molecule has 0 bridgehead atoms. The highest BCUT2D eigenvalue weighted by Gasteiger charge is 2.15. The standard InChI is InChI=1S/C10H11NO2S/c1-8-3-4-10(9(2)7-8)14(12,13)6-5-11/h3-4,7H,6H2,1-2H3. The maximum atomic E-state index is 11.5. The van der Waals surface area contributed by atoms with Crippen molar-refractivity contribution in [2.75, 3.05) is 5.75 Å². The minimum atomic E-state index is -3.42. The van der Waals surface area contributed by atoms with Crippen LogP contribution >= 0.6 is 0 Å². The fourth-order valence-corrected chi connectivity index (χ4v) is 2.46. The van der Waals surface area contributed by atoms with Gasteiger partial charge in [-0.1, -0.05) is 17.7 Å². The molecule has 0 fully saturated rings. The predicted molar refractivity (Wildman–Crippen MR) is 53.6 cm³/mol. The van der Waals surface area contributed by atoms with Gasteiger partial charge in [0, 0.05) is 0 Å². The molecule has 14 heavy (non-hydrogen) atoms. The van der Waals surface area contributed by atoms with Gasteiger partial charge in [-0.3, -0.25) is 0 Å². The molecule has 0 spiro atoms. The maximum absolute atomic E-state index is 11.5. The van der Waals surface area contributed by atoms with Crippen LogP contribution in [0.15, 0.2) is 23.1 Å². The zero-order chi connectivity index (χ0) is 10.8. The molecule has 74 valence electrons. The molecule has 0 N–H and O–H groups in total. The number of aryl methyl sites for hydroxylation is 2. The highest BCUT2D eigenvalue weighted by Crippen LogP contribution is 2.17. The van der Waals surface area contributed by atoms with Crippen molar-refractivity contribution in [1.29, 1.82) is 5.26 Å². The van der Waals surface area contributed by atoms with Crippen molar-refractivity contribution in [1.82, 2.24) is 0 Å². The van der Waals surface area contributed by atoms with Crippen molar-refractivity contribution in [3.63, 3.8) is 0 Å². The average Bonchev–Trinajstić information content (AvgIpc) is 2.02. The molecule has 3 nitrogen and oxygen atoms in total. The van der Waals surface area contributed by atoms with Crippen LogP contribution in [-0.4, -0.2) is 14.2 Å². The smallest absolute Gasteiger partial charge is 0.191 e. The van der Waals surface area contributed by atoms with Gasteiger partial charge in [-0.2, -0.15) is 5.26 Å². The lowest BCUT2D eigenvalue weighted by atomic mass is 10.2. The van der Waals surface area contributed by atoms with E-state index in [0.29, 0.717) is 5.56 Å². The lowest BCUT2D eigenvalue weighted by molar-refractivity contribution is 0.598. The first-order chi connectivity index (χ1) is 6.47. The van der Waals surface area contributed by atoms with Crippen molar-refractivity contribution in [3.8, 4) is 6.07 Å². The molecule has 1 aromatic carbocycles. The van der Waals surface area contributed by atoms with Gasteiger partial charge in [0.2, 0.25) is 0 Å². The zero-order valence-corrected chi connectivity index (χ0v) is 8.93. The number of rotatable bonds is 2. The molecule has 0 aliphatic heterocycles. The molecule has 1 aromatic rings. The van der Waals surface area contributed by atoms with Gasteiger partial charge in [-0.05, 0) is 25.5 Å². The number of sulfone groups is 1. The van der Waals surface area contributed by atoms with Crippen molar-refractivity contribution in [3.05, 3.63) is 29.3 Å². The normalized spacial score (nSPS) is 10.9. The third-order valence-electron chi connectivity index (χ3n) is 1.92. The summed E-state index contributed by atoms with van der Waals surface area (Å²) >= 11 is 0. The van der Waals surface area contributed by atoms with E-state index in [2.05, 4.69) is 0 Å². The molecule has 0 heterocycles. The van der Waals surface area contributed by atoms with E-state index < -0.39 is 15.6 Å². The van der Waals surface area contributed by atoms with Gasteiger partial charge in [0.05, 0.1) is 11.0 Å². The van der Waals surface area contributed by atoms with E-state index in [1.54, 1.807) is 31.2 Å². The molecule has 4 heteroatoms. The monoisotopic (exact) mass is 209 g/mol. The summed E-state index contributed by atoms with van der Waals surface area (Å²) in [6, 6.07) is 6.74. The van der Waals surface area contributed by atoms with E-state index in [4.69, 9.17) is 5.26 Å². The topological polar surface area (TPSA) is 57.9 Å². The van der Waals surface area contributed by atoms with Gasteiger partial charge in [0.15, 0.2) is 9.84 Å². The minimum absolute atomic E-state index is 0.254. The number of nitrogens with zero attached hydrogens (tertiary/aromatic N) is 1. The fraction of sp³-hybridized carbons (Fsp3) is 0.300. The molecule has 0 saturated carbocycles. The van der Waals surface area contributed by atoms with Crippen LogP contribution in [0.3, 0.4) is 0 Å². The Kier molecular flexibility index (Phi) is 2.92. The molecule has 0 aromatic heterocycles. The van der Waals surface area contributed by atoms with Crippen molar-refractivity contribution in [2.24, 2.45) is 0 Å². The Morgan fingerprint density at radius 2 is 2.00 bits per heavy atom. The molecule has 0 atom stereocenters. The van der Waals surface area contributed by atoms with Crippen LogP contribution in [0.25, 0.3) is 0 Å². The molecular formula is C10H11NO2S. The van der Waals surface area contributed by atoms with E-state index in [0.717, 1.165) is 5.56 Å². The Balaban J connectivity index is 3.29. The van der Waals surface area contributed by atoms with Crippen LogP contribution < -0.4 is 0 Å². The zero-order valence-electron chi connectivity index (χ0n) is 8.11. The molecule has 0 amide bonds. The number of hydrogen-bond acceptors (Lipinski definition) is 3. The first-order valence-electron chi connectivity index (χ1n) is 4.14. The van der Waals surface area contributed by atoms with E-state index in [1.807, 2.05) is 6.92 Å². The summed E-state index contributed by atoms with van der Waals surface area (Å²) in [4.78, 5) is 0.254. The van der Waals surface area contributed by atoms with Gasteiger partial charge in [-0.15, -0.1) is 0 Å². The molecule has 0 saturated heterocycles. The quantitative estimate of drug-likeness (QED) is 0.743. The van der Waals surface area contributed by atoms with Crippen LogP contribution in [0.2, 0.25) is 0 Å². The third kappa shape index (κ3) is 2.12. The Morgan fingerprint density at radius 1 is 1.36 bits per heavy atom. The Bertz CT molecular complexity index is 483. The summed E-state index contributed by atoms with van der Waals surface area (Å²) in [6.07, 6.45) is 0. The third-order valence-corrected chi connectivity index (χ3v) is 3.56. The van der Waals surface area contributed by atoms with Crippen molar-refractivity contribution >= 4 is 9.84 Å². The number of hydrogen-bond donors (Lipinski definition) is 0. The van der Waals surface area contributed by atoms with Gasteiger partial charge in [-0.25, -0.2) is 8.42 Å². The van der Waals surface area contributed by atoms with Crippen LogP contribution in [0.4, 0.5) is 0 Å². The summed E-state index contributed by atoms with van der Waals surface area (Å²) in [6.45, 7) is 3.63. The van der Waals surface area contributed by atoms with Crippen LogP contribution in [-0.2, 0) is 9.84 Å². The van der Waals surface area contributed by atoms with Crippen LogP contribution in [0.5, 0.6) is 0 Å². The van der Waals surface area contributed by atoms with E-state index in [1.165, 1.54) is 0 Å². The Labute approximate surface area is 83.9 Å². The lowest BCUT2D eigenvalue weighted by Gasteiger charge is -2.04. The fourth-order valence-electron chi connectivity index (χ4n) is 1.31. The number of benzene rings is 1. The van der Waals surface area contributed by atoms with Crippen LogP contribution in [0.1, 0.15) is 11.1 Å². The second kappa shape index (κ2) is 3.81. The molecule has 0 aliphatic carbocycles. The van der Waals surface area contributed by atoms with E-state index >= 15 is 0 Å². The Hall–Kier alpha value is -1.34. The molecule has 0 radical (unpaired) electrons. The highest BCUT2D eigenvalue weighted by molar-refractivity contribution is 7.91. The molecular weight excluding hydrogens is 198 g/mol. The van der Waals surface area contributed by atoms with E-state index in [-0.39, 0.29) is 4.90 Å². The first-order valence-corrected chi connectivity index (χ1v) is 5.79. The summed E-state index contributed by atoms with van der Waals surface area (Å²) in [5, 5.41) is 8.38. The maximum Gasteiger partial charge on any atom is 0.191 e. The van der Waals surface area contributed by atoms with Crippen molar-refractivity contribution in [2.45, 2.75) is 18.7 Å². The lowest BCUT2D eigenvalue weighted by Crippen LogP contribution is -2.06. The highest BCUT2D eigenvalue weighted by atomic mass is 32.2. The minimum Gasteiger partial charge on any atom is -0.223 e. The second-order valence-electron chi connectivity index (χ2n) is 3.19. The van der Waals surface area contributed by atoms with Gasteiger partial charge < -0.3 is 0 Å². The van der Waals surface area contributed by atoms with E-state index in [9.17, 15) is 8.42 Å². The summed E-state index contributed by atoms with van der Waals surface area (Å²) < 4.78 is 23.1. The summed E-state index contributed by atoms with van der Waals surface area (Å²) in [5.74, 6) is -0.461. The average molecular weight is 209 g/mol. The second-order valence-corrected chi connectivity index (χ2v) is 5.14. The molecule has 0 aliphatic rings. The molecule has 1 rings (SSSR count). The predicted octanol–water partition coefficient (Wildman–Crippen LogP) is 1.60. The molecule has 0 unspecified atom stereocenters. The van der Waals surface area contributed by atoms with Gasteiger partial charge in [0.1, 0.15) is 5.75 Å². The first kappa shape index (κ1) is 10.7. The number of nitriles is 1.